The molecule has 0 bridgehead atoms. The Hall–Kier alpha value is -2.28. The van der Waals surface area contributed by atoms with Crippen molar-refractivity contribution in [1.82, 2.24) is 0 Å². The van der Waals surface area contributed by atoms with E-state index in [1.807, 2.05) is 0 Å². The predicted octanol–water partition coefficient (Wildman–Crippen LogP) is 5.79. The van der Waals surface area contributed by atoms with Crippen molar-refractivity contribution in [2.75, 3.05) is 5.32 Å². The number of amides is 2. The predicted molar refractivity (Wildman–Crippen MR) is 116 cm³/mol. The van der Waals surface area contributed by atoms with E-state index in [-0.39, 0.29) is 5.76 Å². The van der Waals surface area contributed by atoms with Gasteiger partial charge in [-0.15, -0.1) is 11.3 Å². The van der Waals surface area contributed by atoms with Gasteiger partial charge in [-0.2, -0.15) is 0 Å². The fourth-order valence-electron chi connectivity index (χ4n) is 3.53. The summed E-state index contributed by atoms with van der Waals surface area (Å²) < 4.78 is 5.69. The van der Waals surface area contributed by atoms with Gasteiger partial charge in [0.25, 0.3) is 11.8 Å². The lowest BCUT2D eigenvalue weighted by molar-refractivity contribution is 0.0998. The molecule has 8 heteroatoms. The number of carbonyl (C=O) groups is 2. The molecule has 0 fully saturated rings. The zero-order valence-electron chi connectivity index (χ0n) is 15.6. The number of thiophene rings is 1. The molecule has 1 aliphatic rings. The van der Waals surface area contributed by atoms with Gasteiger partial charge in [0.1, 0.15) is 10.8 Å². The molecular formula is C21H18Cl2N2O3S. The Bertz CT molecular complexity index is 1120. The highest BCUT2D eigenvalue weighted by Crippen LogP contribution is 2.39. The van der Waals surface area contributed by atoms with Crippen LogP contribution in [0.5, 0.6) is 0 Å². The van der Waals surface area contributed by atoms with E-state index in [2.05, 4.69) is 12.2 Å². The number of benzene rings is 1. The Labute approximate surface area is 181 Å². The summed E-state index contributed by atoms with van der Waals surface area (Å²) in [6.45, 7) is 2.18. The summed E-state index contributed by atoms with van der Waals surface area (Å²) in [6, 6.07) is 8.35. The summed E-state index contributed by atoms with van der Waals surface area (Å²) >= 11 is 13.4. The topological polar surface area (TPSA) is 85.3 Å². The highest BCUT2D eigenvalue weighted by molar-refractivity contribution is 7.17. The molecule has 2 heterocycles. The molecule has 150 valence electrons. The lowest BCUT2D eigenvalue weighted by Crippen LogP contribution is -2.19. The number of hydrogen-bond donors (Lipinski definition) is 2. The van der Waals surface area contributed by atoms with Gasteiger partial charge in [0, 0.05) is 10.4 Å². The number of carbonyl (C=O) groups excluding carboxylic acids is 2. The Kier molecular flexibility index (Phi) is 5.42. The average Bonchev–Trinajstić information content (AvgIpc) is 3.28. The summed E-state index contributed by atoms with van der Waals surface area (Å²) in [6.07, 6.45) is 2.68. The normalized spacial score (nSPS) is 15.8. The molecule has 0 aliphatic heterocycles. The maximum atomic E-state index is 12.7. The first-order valence-corrected chi connectivity index (χ1v) is 10.7. The van der Waals surface area contributed by atoms with Crippen molar-refractivity contribution < 1.29 is 14.0 Å². The molecule has 2 amide bonds. The van der Waals surface area contributed by atoms with E-state index >= 15 is 0 Å². The van der Waals surface area contributed by atoms with Gasteiger partial charge >= 0.3 is 0 Å². The summed E-state index contributed by atoms with van der Waals surface area (Å²) in [7, 11) is 0. The lowest BCUT2D eigenvalue weighted by atomic mass is 9.88. The summed E-state index contributed by atoms with van der Waals surface area (Å²) in [5, 5.41) is 4.12. The average molecular weight is 449 g/mol. The second-order valence-corrected chi connectivity index (χ2v) is 9.09. The Morgan fingerprint density at radius 1 is 1.21 bits per heavy atom. The molecule has 5 nitrogen and oxygen atoms in total. The first kappa shape index (κ1) is 20.0. The fraction of sp³-hybridized carbons (Fsp3) is 0.238. The van der Waals surface area contributed by atoms with Crippen LogP contribution in [0.1, 0.15) is 44.7 Å². The van der Waals surface area contributed by atoms with Crippen LogP contribution in [-0.2, 0) is 12.8 Å². The van der Waals surface area contributed by atoms with Crippen LogP contribution in [0.2, 0.25) is 10.0 Å². The van der Waals surface area contributed by atoms with Crippen molar-refractivity contribution in [1.29, 1.82) is 0 Å². The number of halogens is 2. The van der Waals surface area contributed by atoms with Crippen molar-refractivity contribution in [3.8, 4) is 11.3 Å². The molecule has 0 saturated carbocycles. The number of primary amides is 1. The first-order chi connectivity index (χ1) is 13.8. The van der Waals surface area contributed by atoms with Crippen molar-refractivity contribution in [2.45, 2.75) is 26.2 Å². The Balaban J connectivity index is 1.60. The number of nitrogens with one attached hydrogen (secondary N) is 1. The highest BCUT2D eigenvalue weighted by Gasteiger charge is 2.28. The van der Waals surface area contributed by atoms with Crippen molar-refractivity contribution >= 4 is 51.4 Å². The van der Waals surface area contributed by atoms with Gasteiger partial charge in [-0.1, -0.05) is 30.1 Å². The molecule has 0 spiro atoms. The summed E-state index contributed by atoms with van der Waals surface area (Å²) in [4.78, 5) is 25.9. The zero-order chi connectivity index (χ0) is 20.7. The van der Waals surface area contributed by atoms with Crippen LogP contribution in [0.25, 0.3) is 11.3 Å². The number of nitrogens with two attached hydrogens (primary N) is 1. The van der Waals surface area contributed by atoms with E-state index < -0.39 is 11.8 Å². The van der Waals surface area contributed by atoms with Crippen LogP contribution in [0.15, 0.2) is 34.7 Å². The molecule has 29 heavy (non-hydrogen) atoms. The lowest BCUT2D eigenvalue weighted by Gasteiger charge is -2.18. The minimum absolute atomic E-state index is 0.126. The Morgan fingerprint density at radius 2 is 2.00 bits per heavy atom. The van der Waals surface area contributed by atoms with Crippen LogP contribution >= 0.6 is 34.5 Å². The molecule has 3 aromatic rings. The molecule has 2 aromatic heterocycles. The maximum Gasteiger partial charge on any atom is 0.292 e. The third-order valence-corrected chi connectivity index (χ3v) is 6.93. The molecule has 0 radical (unpaired) electrons. The van der Waals surface area contributed by atoms with Gasteiger partial charge in [0.2, 0.25) is 0 Å². The van der Waals surface area contributed by atoms with Crippen molar-refractivity contribution in [3.63, 3.8) is 0 Å². The minimum atomic E-state index is -0.525. The second-order valence-electron chi connectivity index (χ2n) is 7.17. The molecule has 4 rings (SSSR count). The third-order valence-electron chi connectivity index (χ3n) is 5.02. The van der Waals surface area contributed by atoms with Crippen LogP contribution in [0, 0.1) is 5.92 Å². The molecule has 1 aliphatic carbocycles. The number of rotatable bonds is 4. The number of hydrogen-bond acceptors (Lipinski definition) is 4. The van der Waals surface area contributed by atoms with E-state index in [0.717, 1.165) is 29.7 Å². The first-order valence-electron chi connectivity index (χ1n) is 9.14. The zero-order valence-corrected chi connectivity index (χ0v) is 17.9. The van der Waals surface area contributed by atoms with E-state index in [0.29, 0.717) is 37.9 Å². The van der Waals surface area contributed by atoms with Crippen LogP contribution in [-0.4, -0.2) is 11.8 Å². The van der Waals surface area contributed by atoms with Crippen molar-refractivity contribution in [2.24, 2.45) is 11.7 Å². The second kappa shape index (κ2) is 7.86. The van der Waals surface area contributed by atoms with Crippen LogP contribution in [0.3, 0.4) is 0 Å². The molecule has 1 aromatic carbocycles. The largest absolute Gasteiger partial charge is 0.451 e. The molecule has 1 atom stereocenters. The van der Waals surface area contributed by atoms with E-state index in [1.54, 1.807) is 30.3 Å². The molecule has 0 saturated heterocycles. The number of fused-ring (bicyclic) bond motifs is 1. The monoisotopic (exact) mass is 448 g/mol. The SMILES string of the molecule is C[C@@H]1CCc2c(sc(NC(=O)c3ccc(-c4ccc(Cl)c(Cl)c4)o3)c2C(N)=O)C1. The summed E-state index contributed by atoms with van der Waals surface area (Å²) in [5.41, 5.74) is 7.70. The standard InChI is InChI=1S/C21H18Cl2N2O3S/c1-10-2-4-12-17(8-10)29-21(18(12)19(24)26)25-20(27)16-7-6-15(28-16)11-3-5-13(22)14(23)9-11/h3,5-7,9-10H,2,4,8H2,1H3,(H2,24,26)(H,25,27)/t10-/m1/s1. The maximum absolute atomic E-state index is 12.7. The highest BCUT2D eigenvalue weighted by atomic mass is 35.5. The van der Waals surface area contributed by atoms with Gasteiger partial charge in [0.05, 0.1) is 15.6 Å². The molecule has 3 N–H and O–H groups in total. The molecule has 0 unspecified atom stereocenters. The van der Waals surface area contributed by atoms with Gasteiger partial charge in [0.15, 0.2) is 5.76 Å². The smallest absolute Gasteiger partial charge is 0.292 e. The van der Waals surface area contributed by atoms with Crippen LogP contribution < -0.4 is 11.1 Å². The van der Waals surface area contributed by atoms with Gasteiger partial charge in [-0.25, -0.2) is 0 Å². The van der Waals surface area contributed by atoms with Crippen LogP contribution in [0.4, 0.5) is 5.00 Å². The Morgan fingerprint density at radius 3 is 2.72 bits per heavy atom. The van der Waals surface area contributed by atoms with Gasteiger partial charge < -0.3 is 15.5 Å². The number of furan rings is 1. The molecular weight excluding hydrogens is 431 g/mol. The van der Waals surface area contributed by atoms with E-state index in [9.17, 15) is 9.59 Å². The van der Waals surface area contributed by atoms with Crippen molar-refractivity contribution in [3.05, 3.63) is 62.1 Å². The quantitative estimate of drug-likeness (QED) is 0.529. The number of anilines is 1. The van der Waals surface area contributed by atoms with E-state index in [4.69, 9.17) is 33.4 Å². The van der Waals surface area contributed by atoms with Gasteiger partial charge in [-0.05, 0) is 61.1 Å². The minimum Gasteiger partial charge on any atom is -0.451 e. The summed E-state index contributed by atoms with van der Waals surface area (Å²) in [5.74, 6) is 0.197. The van der Waals surface area contributed by atoms with E-state index in [1.165, 1.54) is 11.3 Å². The third kappa shape index (κ3) is 3.92. The fourth-order valence-corrected chi connectivity index (χ4v) is 5.24. The van der Waals surface area contributed by atoms with Gasteiger partial charge in [-0.3, -0.25) is 9.59 Å².